The van der Waals surface area contributed by atoms with Crippen molar-refractivity contribution in [1.82, 2.24) is 0 Å². The summed E-state index contributed by atoms with van der Waals surface area (Å²) < 4.78 is 16.3. The van der Waals surface area contributed by atoms with E-state index in [4.69, 9.17) is 14.2 Å². The van der Waals surface area contributed by atoms with Crippen LogP contribution >= 0.6 is 0 Å². The Kier molecular flexibility index (Phi) is 4.10. The SMILES string of the molecule is C=CC1(COC(=O)CCC)COC(C)(C)O1. The molecule has 0 N–H and O–H groups in total. The van der Waals surface area contributed by atoms with E-state index in [1.54, 1.807) is 6.08 Å². The third-order valence-electron chi connectivity index (χ3n) is 2.42. The maximum atomic E-state index is 11.3. The Hall–Kier alpha value is -0.870. The van der Waals surface area contributed by atoms with Gasteiger partial charge in [-0.25, -0.2) is 0 Å². The second-order valence-corrected chi connectivity index (χ2v) is 4.47. The number of rotatable bonds is 5. The molecule has 0 bridgehead atoms. The predicted molar refractivity (Wildman–Crippen MR) is 59.9 cm³/mol. The monoisotopic (exact) mass is 228 g/mol. The van der Waals surface area contributed by atoms with Crippen LogP contribution in [0.4, 0.5) is 0 Å². The van der Waals surface area contributed by atoms with Crippen molar-refractivity contribution in [2.75, 3.05) is 13.2 Å². The molecule has 92 valence electrons. The molecule has 1 fully saturated rings. The molecule has 1 aliphatic rings. The lowest BCUT2D eigenvalue weighted by molar-refractivity contribution is -0.170. The zero-order valence-corrected chi connectivity index (χ0v) is 10.2. The van der Waals surface area contributed by atoms with Crippen molar-refractivity contribution in [2.24, 2.45) is 0 Å². The van der Waals surface area contributed by atoms with Gasteiger partial charge in [-0.2, -0.15) is 0 Å². The minimum absolute atomic E-state index is 0.165. The first-order chi connectivity index (χ1) is 7.43. The molecule has 4 heteroatoms. The van der Waals surface area contributed by atoms with Gasteiger partial charge >= 0.3 is 5.97 Å². The molecule has 1 aliphatic heterocycles. The van der Waals surface area contributed by atoms with Crippen molar-refractivity contribution in [2.45, 2.75) is 45.0 Å². The highest BCUT2D eigenvalue weighted by Crippen LogP contribution is 2.32. The highest BCUT2D eigenvalue weighted by Gasteiger charge is 2.44. The summed E-state index contributed by atoms with van der Waals surface area (Å²) in [5.74, 6) is -0.859. The number of carbonyl (C=O) groups is 1. The topological polar surface area (TPSA) is 44.8 Å². The highest BCUT2D eigenvalue weighted by molar-refractivity contribution is 5.69. The molecule has 1 saturated heterocycles. The van der Waals surface area contributed by atoms with Crippen LogP contribution in [-0.4, -0.2) is 30.6 Å². The molecule has 0 aromatic heterocycles. The van der Waals surface area contributed by atoms with Crippen molar-refractivity contribution < 1.29 is 19.0 Å². The van der Waals surface area contributed by atoms with Gasteiger partial charge in [-0.15, -0.1) is 6.58 Å². The van der Waals surface area contributed by atoms with Crippen LogP contribution in [0.15, 0.2) is 12.7 Å². The molecule has 0 aromatic carbocycles. The van der Waals surface area contributed by atoms with Gasteiger partial charge in [-0.3, -0.25) is 4.79 Å². The van der Waals surface area contributed by atoms with Gasteiger partial charge in [0.15, 0.2) is 5.79 Å². The number of hydrogen-bond acceptors (Lipinski definition) is 4. The van der Waals surface area contributed by atoms with Crippen LogP contribution in [0.2, 0.25) is 0 Å². The van der Waals surface area contributed by atoms with Crippen LogP contribution < -0.4 is 0 Å². The Labute approximate surface area is 96.6 Å². The fourth-order valence-corrected chi connectivity index (χ4v) is 1.55. The van der Waals surface area contributed by atoms with Gasteiger partial charge in [0.25, 0.3) is 0 Å². The van der Waals surface area contributed by atoms with Crippen LogP contribution in [0.3, 0.4) is 0 Å². The smallest absolute Gasteiger partial charge is 0.305 e. The van der Waals surface area contributed by atoms with E-state index < -0.39 is 11.4 Å². The predicted octanol–water partition coefficient (Wildman–Crippen LogP) is 2.04. The number of ether oxygens (including phenoxy) is 3. The molecule has 0 aliphatic carbocycles. The molecule has 0 spiro atoms. The lowest BCUT2D eigenvalue weighted by Gasteiger charge is -2.25. The van der Waals surface area contributed by atoms with E-state index in [2.05, 4.69) is 6.58 Å². The molecule has 16 heavy (non-hydrogen) atoms. The van der Waals surface area contributed by atoms with Crippen LogP contribution in [0.25, 0.3) is 0 Å². The first-order valence-electron chi connectivity index (χ1n) is 5.56. The summed E-state index contributed by atoms with van der Waals surface area (Å²) in [6.45, 7) is 9.82. The zero-order valence-electron chi connectivity index (χ0n) is 10.2. The third-order valence-corrected chi connectivity index (χ3v) is 2.42. The van der Waals surface area contributed by atoms with Crippen molar-refractivity contribution >= 4 is 5.97 Å². The van der Waals surface area contributed by atoms with E-state index in [1.165, 1.54) is 0 Å². The summed E-state index contributed by atoms with van der Waals surface area (Å²) in [6.07, 6.45) is 2.85. The molecule has 0 aromatic rings. The Bertz CT molecular complexity index is 272. The van der Waals surface area contributed by atoms with E-state index in [-0.39, 0.29) is 12.6 Å². The molecule has 4 nitrogen and oxygen atoms in total. The lowest BCUT2D eigenvalue weighted by atomic mass is 10.1. The van der Waals surface area contributed by atoms with Gasteiger partial charge in [0.2, 0.25) is 0 Å². The van der Waals surface area contributed by atoms with Gasteiger partial charge in [0, 0.05) is 6.42 Å². The molecule has 0 saturated carbocycles. The quantitative estimate of drug-likeness (QED) is 0.533. The van der Waals surface area contributed by atoms with Crippen LogP contribution in [0.5, 0.6) is 0 Å². The van der Waals surface area contributed by atoms with E-state index >= 15 is 0 Å². The van der Waals surface area contributed by atoms with Crippen LogP contribution in [0.1, 0.15) is 33.6 Å². The summed E-state index contributed by atoms with van der Waals surface area (Å²) in [5, 5.41) is 0. The molecular formula is C12H20O4. The molecule has 0 amide bonds. The Morgan fingerprint density at radius 2 is 2.25 bits per heavy atom. The molecular weight excluding hydrogens is 208 g/mol. The summed E-state index contributed by atoms with van der Waals surface area (Å²) in [5.41, 5.74) is -0.701. The first kappa shape index (κ1) is 13.2. The van der Waals surface area contributed by atoms with Crippen molar-refractivity contribution in [3.05, 3.63) is 12.7 Å². The van der Waals surface area contributed by atoms with E-state index in [1.807, 2.05) is 20.8 Å². The van der Waals surface area contributed by atoms with Crippen molar-refractivity contribution in [1.29, 1.82) is 0 Å². The minimum atomic E-state index is -0.701. The van der Waals surface area contributed by atoms with Gasteiger partial charge in [-0.1, -0.05) is 13.0 Å². The highest BCUT2D eigenvalue weighted by atomic mass is 16.8. The Morgan fingerprint density at radius 1 is 1.56 bits per heavy atom. The fraction of sp³-hybridized carbons (Fsp3) is 0.750. The van der Waals surface area contributed by atoms with Gasteiger partial charge in [0.05, 0.1) is 6.61 Å². The van der Waals surface area contributed by atoms with Crippen molar-refractivity contribution in [3.8, 4) is 0 Å². The molecule has 1 heterocycles. The van der Waals surface area contributed by atoms with E-state index in [0.717, 1.165) is 6.42 Å². The average molecular weight is 228 g/mol. The lowest BCUT2D eigenvalue weighted by Crippen LogP contribution is -2.37. The second kappa shape index (κ2) is 4.97. The van der Waals surface area contributed by atoms with Crippen molar-refractivity contribution in [3.63, 3.8) is 0 Å². The molecule has 0 radical (unpaired) electrons. The maximum Gasteiger partial charge on any atom is 0.305 e. The first-order valence-corrected chi connectivity index (χ1v) is 5.56. The number of esters is 1. The Morgan fingerprint density at radius 3 is 2.69 bits per heavy atom. The average Bonchev–Trinajstić information content (AvgIpc) is 2.53. The zero-order chi connectivity index (χ0) is 12.2. The van der Waals surface area contributed by atoms with E-state index in [0.29, 0.717) is 13.0 Å². The minimum Gasteiger partial charge on any atom is -0.462 e. The molecule has 1 atom stereocenters. The second-order valence-electron chi connectivity index (χ2n) is 4.47. The summed E-state index contributed by atoms with van der Waals surface area (Å²) in [6, 6.07) is 0. The summed E-state index contributed by atoms with van der Waals surface area (Å²) >= 11 is 0. The van der Waals surface area contributed by atoms with Gasteiger partial charge < -0.3 is 14.2 Å². The fourth-order valence-electron chi connectivity index (χ4n) is 1.55. The van der Waals surface area contributed by atoms with Gasteiger partial charge in [0.1, 0.15) is 12.2 Å². The summed E-state index contributed by atoms with van der Waals surface area (Å²) in [4.78, 5) is 11.3. The number of hydrogen-bond donors (Lipinski definition) is 0. The Balaban J connectivity index is 2.50. The van der Waals surface area contributed by atoms with Crippen LogP contribution in [-0.2, 0) is 19.0 Å². The van der Waals surface area contributed by atoms with Gasteiger partial charge in [-0.05, 0) is 20.3 Å². The van der Waals surface area contributed by atoms with E-state index in [9.17, 15) is 4.79 Å². The molecule has 1 unspecified atom stereocenters. The standard InChI is InChI=1S/C12H20O4/c1-5-7-10(13)14-8-12(6-2)9-15-11(3,4)16-12/h6H,2,5,7-9H2,1,3-4H3. The summed E-state index contributed by atoms with van der Waals surface area (Å²) in [7, 11) is 0. The third kappa shape index (κ3) is 3.32. The maximum absolute atomic E-state index is 11.3. The molecule has 1 rings (SSSR count). The normalized spacial score (nSPS) is 27.7. The largest absolute Gasteiger partial charge is 0.462 e. The van der Waals surface area contributed by atoms with Crippen LogP contribution in [0, 0.1) is 0 Å². The number of carbonyl (C=O) groups excluding carboxylic acids is 1.